The normalized spacial score (nSPS) is 13.7. The number of hydrogen-bond donors (Lipinski definition) is 1. The number of aldehydes is 1. The van der Waals surface area contributed by atoms with Gasteiger partial charge in [0.1, 0.15) is 18.4 Å². The van der Waals surface area contributed by atoms with Crippen molar-refractivity contribution < 1.29 is 14.3 Å². The molecule has 0 fully saturated rings. The second-order valence-corrected chi connectivity index (χ2v) is 4.67. The van der Waals surface area contributed by atoms with Gasteiger partial charge in [-0.15, -0.1) is 11.8 Å². The fraction of sp³-hybridized carbons (Fsp3) is 0.385. The second-order valence-electron chi connectivity index (χ2n) is 3.79. The molecule has 0 spiro atoms. The van der Waals surface area contributed by atoms with Gasteiger partial charge in [0.2, 0.25) is 5.91 Å². The first kappa shape index (κ1) is 14.7. The van der Waals surface area contributed by atoms with E-state index >= 15 is 0 Å². The molecule has 18 heavy (non-hydrogen) atoms. The summed E-state index contributed by atoms with van der Waals surface area (Å²) >= 11 is 1.64. The average Bonchev–Trinajstić information content (AvgIpc) is 2.38. The molecule has 1 rings (SSSR count). The predicted molar refractivity (Wildman–Crippen MR) is 71.6 cm³/mol. The summed E-state index contributed by atoms with van der Waals surface area (Å²) in [7, 11) is 1.52. The Bertz CT molecular complexity index is 405. The molecule has 1 N–H and O–H groups in total. The number of methoxy groups -OCH3 is 1. The fourth-order valence-electron chi connectivity index (χ4n) is 1.70. The Kier molecular flexibility index (Phi) is 5.88. The molecule has 2 atom stereocenters. The van der Waals surface area contributed by atoms with Gasteiger partial charge in [-0.05, 0) is 24.0 Å². The van der Waals surface area contributed by atoms with Crippen LogP contribution in [0.2, 0.25) is 0 Å². The summed E-state index contributed by atoms with van der Waals surface area (Å²) in [6.45, 7) is 1.38. The molecule has 0 radical (unpaired) electrons. The lowest BCUT2D eigenvalue weighted by Gasteiger charge is -2.22. The molecule has 98 valence electrons. The number of thioether (sulfide) groups is 1. The average molecular weight is 267 g/mol. The number of carbonyl (C=O) groups excluding carboxylic acids is 2. The molecule has 0 unspecified atom stereocenters. The molecule has 1 amide bonds. The van der Waals surface area contributed by atoms with E-state index in [1.165, 1.54) is 14.0 Å². The van der Waals surface area contributed by atoms with Crippen LogP contribution in [0.25, 0.3) is 0 Å². The zero-order valence-electron chi connectivity index (χ0n) is 10.7. The van der Waals surface area contributed by atoms with E-state index in [2.05, 4.69) is 5.32 Å². The summed E-state index contributed by atoms with van der Waals surface area (Å²) in [5, 5.41) is 2.57. The van der Waals surface area contributed by atoms with Gasteiger partial charge in [0.15, 0.2) is 0 Å². The molecule has 5 heteroatoms. The highest BCUT2D eigenvalue weighted by Gasteiger charge is 2.23. The Morgan fingerprint density at radius 3 is 2.39 bits per heavy atom. The van der Waals surface area contributed by atoms with Gasteiger partial charge in [0.25, 0.3) is 0 Å². The Balaban J connectivity index is 2.91. The lowest BCUT2D eigenvalue weighted by atomic mass is 10.0. The zero-order valence-corrected chi connectivity index (χ0v) is 11.5. The summed E-state index contributed by atoms with van der Waals surface area (Å²) in [4.78, 5) is 23.2. The Morgan fingerprint density at radius 1 is 1.39 bits per heavy atom. The van der Waals surface area contributed by atoms with Crippen molar-refractivity contribution in [2.45, 2.75) is 24.0 Å². The van der Waals surface area contributed by atoms with E-state index < -0.39 is 12.1 Å². The molecule has 4 nitrogen and oxygen atoms in total. The SMILES string of the molecule is CO[C@@H](c1ccc(SC)cc1)[C@H](C=O)NC(C)=O. The maximum atomic E-state index is 11.0. The van der Waals surface area contributed by atoms with E-state index in [0.29, 0.717) is 6.29 Å². The monoisotopic (exact) mass is 267 g/mol. The number of benzene rings is 1. The maximum absolute atomic E-state index is 11.0. The van der Waals surface area contributed by atoms with Crippen LogP contribution in [-0.4, -0.2) is 31.6 Å². The number of hydrogen-bond acceptors (Lipinski definition) is 4. The number of amides is 1. The summed E-state index contributed by atoms with van der Waals surface area (Å²) in [6, 6.07) is 7.05. The highest BCUT2D eigenvalue weighted by atomic mass is 32.2. The van der Waals surface area contributed by atoms with Crippen molar-refractivity contribution in [1.29, 1.82) is 0 Å². The first-order valence-corrected chi connectivity index (χ1v) is 6.74. The summed E-state index contributed by atoms with van der Waals surface area (Å²) in [6.07, 6.45) is 2.22. The van der Waals surface area contributed by atoms with E-state index in [4.69, 9.17) is 4.74 Å². The Hall–Kier alpha value is -1.33. The number of rotatable bonds is 6. The lowest BCUT2D eigenvalue weighted by Crippen LogP contribution is -2.39. The Labute approximate surface area is 111 Å². The minimum atomic E-state index is -0.673. The molecular weight excluding hydrogens is 250 g/mol. The molecule has 0 saturated heterocycles. The van der Waals surface area contributed by atoms with Gasteiger partial charge in [-0.2, -0.15) is 0 Å². The van der Waals surface area contributed by atoms with Gasteiger partial charge in [0, 0.05) is 18.9 Å². The van der Waals surface area contributed by atoms with Crippen molar-refractivity contribution in [2.75, 3.05) is 13.4 Å². The van der Waals surface area contributed by atoms with Crippen LogP contribution in [0.3, 0.4) is 0 Å². The fourth-order valence-corrected chi connectivity index (χ4v) is 2.11. The maximum Gasteiger partial charge on any atom is 0.217 e. The summed E-state index contributed by atoms with van der Waals surface area (Å²) in [5.41, 5.74) is 0.862. The molecule has 0 aliphatic carbocycles. The van der Waals surface area contributed by atoms with Gasteiger partial charge in [0.05, 0.1) is 0 Å². The third-order valence-corrected chi connectivity index (χ3v) is 3.28. The number of ether oxygens (including phenoxy) is 1. The van der Waals surface area contributed by atoms with Crippen LogP contribution in [0.4, 0.5) is 0 Å². The molecule has 0 saturated carbocycles. The first-order valence-electron chi connectivity index (χ1n) is 5.51. The molecule has 1 aromatic rings. The van der Waals surface area contributed by atoms with Crippen molar-refractivity contribution in [2.24, 2.45) is 0 Å². The molecular formula is C13H17NO3S. The van der Waals surface area contributed by atoms with Crippen LogP contribution < -0.4 is 5.32 Å². The van der Waals surface area contributed by atoms with Crippen molar-refractivity contribution in [3.63, 3.8) is 0 Å². The minimum Gasteiger partial charge on any atom is -0.374 e. The van der Waals surface area contributed by atoms with Crippen molar-refractivity contribution >= 4 is 24.0 Å². The van der Waals surface area contributed by atoms with E-state index in [0.717, 1.165) is 10.5 Å². The largest absolute Gasteiger partial charge is 0.374 e. The van der Waals surface area contributed by atoms with E-state index in [1.54, 1.807) is 11.8 Å². The van der Waals surface area contributed by atoms with E-state index in [-0.39, 0.29) is 5.91 Å². The first-order chi connectivity index (χ1) is 8.62. The van der Waals surface area contributed by atoms with E-state index in [1.807, 2.05) is 30.5 Å². The predicted octanol–water partition coefficient (Wildman–Crippen LogP) is 1.80. The minimum absolute atomic E-state index is 0.255. The highest BCUT2D eigenvalue weighted by Crippen LogP contribution is 2.23. The standard InChI is InChI=1S/C13H17NO3S/c1-9(16)14-12(8-15)13(17-2)10-4-6-11(18-3)7-5-10/h4-8,12-13H,1-3H3,(H,14,16)/t12-,13-/m0/s1. The van der Waals surface area contributed by atoms with Gasteiger partial charge < -0.3 is 14.8 Å². The number of carbonyl (C=O) groups is 2. The van der Waals surface area contributed by atoms with Crippen LogP contribution in [-0.2, 0) is 14.3 Å². The van der Waals surface area contributed by atoms with Crippen LogP contribution in [0.15, 0.2) is 29.2 Å². The van der Waals surface area contributed by atoms with Gasteiger partial charge in [-0.1, -0.05) is 12.1 Å². The molecule has 0 aliphatic heterocycles. The van der Waals surface area contributed by atoms with Crippen LogP contribution in [0.1, 0.15) is 18.6 Å². The molecule has 1 aromatic carbocycles. The molecule has 0 heterocycles. The van der Waals surface area contributed by atoms with Crippen LogP contribution in [0, 0.1) is 0 Å². The van der Waals surface area contributed by atoms with Crippen molar-refractivity contribution in [3.05, 3.63) is 29.8 Å². The smallest absolute Gasteiger partial charge is 0.217 e. The van der Waals surface area contributed by atoms with Gasteiger partial charge in [-0.25, -0.2) is 0 Å². The molecule has 0 aliphatic rings. The quantitative estimate of drug-likeness (QED) is 0.631. The third-order valence-electron chi connectivity index (χ3n) is 2.54. The lowest BCUT2D eigenvalue weighted by molar-refractivity contribution is -0.124. The third kappa shape index (κ3) is 3.85. The molecule has 0 aromatic heterocycles. The van der Waals surface area contributed by atoms with Crippen LogP contribution in [0.5, 0.6) is 0 Å². The topological polar surface area (TPSA) is 55.4 Å². The van der Waals surface area contributed by atoms with Crippen LogP contribution >= 0.6 is 11.8 Å². The highest BCUT2D eigenvalue weighted by molar-refractivity contribution is 7.98. The summed E-state index contributed by atoms with van der Waals surface area (Å²) < 4.78 is 5.31. The second kappa shape index (κ2) is 7.18. The summed E-state index contributed by atoms with van der Waals surface area (Å²) in [5.74, 6) is -0.255. The number of nitrogens with one attached hydrogen (secondary N) is 1. The van der Waals surface area contributed by atoms with Gasteiger partial charge >= 0.3 is 0 Å². The molecule has 0 bridgehead atoms. The van der Waals surface area contributed by atoms with E-state index in [9.17, 15) is 9.59 Å². The van der Waals surface area contributed by atoms with Crippen molar-refractivity contribution in [1.82, 2.24) is 5.32 Å². The van der Waals surface area contributed by atoms with Crippen molar-refractivity contribution in [3.8, 4) is 0 Å². The Morgan fingerprint density at radius 2 is 2.00 bits per heavy atom. The zero-order chi connectivity index (χ0) is 13.5. The van der Waals surface area contributed by atoms with Gasteiger partial charge in [-0.3, -0.25) is 4.79 Å².